The number of imide groups is 2. The first-order valence-electron chi connectivity index (χ1n) is 18.1. The third-order valence-electron chi connectivity index (χ3n) is 11.6. The third kappa shape index (κ3) is 5.34. The Labute approximate surface area is 334 Å². The Morgan fingerprint density at radius 1 is 0.860 bits per heavy atom. The van der Waals surface area contributed by atoms with Crippen molar-refractivity contribution in [2.75, 3.05) is 24.0 Å². The molecule has 288 valence electrons. The van der Waals surface area contributed by atoms with Crippen LogP contribution in [0.5, 0.6) is 17.2 Å². The van der Waals surface area contributed by atoms with E-state index in [-0.39, 0.29) is 35.8 Å². The van der Waals surface area contributed by atoms with Gasteiger partial charge in [0.25, 0.3) is 11.8 Å². The van der Waals surface area contributed by atoms with E-state index in [9.17, 15) is 28.7 Å². The van der Waals surface area contributed by atoms with Gasteiger partial charge in [-0.2, -0.15) is 0 Å². The van der Waals surface area contributed by atoms with E-state index < -0.39 is 62.9 Å². The first-order chi connectivity index (χ1) is 27.4. The number of aromatic nitrogens is 1. The summed E-state index contributed by atoms with van der Waals surface area (Å²) < 4.78 is 30.6. The van der Waals surface area contributed by atoms with Crippen molar-refractivity contribution in [3.05, 3.63) is 114 Å². The molecule has 4 aliphatic rings. The van der Waals surface area contributed by atoms with Gasteiger partial charge in [-0.3, -0.25) is 24.1 Å². The molecule has 3 fully saturated rings. The predicted molar refractivity (Wildman–Crippen MR) is 210 cm³/mol. The number of alkyl halides is 2. The van der Waals surface area contributed by atoms with Crippen LogP contribution in [0.25, 0.3) is 28.6 Å². The molecule has 6 atom stereocenters. The number of hydrogen-bond acceptors (Lipinski definition) is 9. The molecule has 57 heavy (non-hydrogen) atoms. The molecule has 4 aromatic carbocycles. The minimum atomic E-state index is -2.11. The molecule has 2 aliphatic heterocycles. The number of nitrogens with zero attached hydrogens (tertiary/aromatic N) is 3. The normalized spacial score (nSPS) is 26.9. The topological polar surface area (TPSA) is 139 Å². The van der Waals surface area contributed by atoms with Gasteiger partial charge in [-0.25, -0.2) is 14.3 Å². The summed E-state index contributed by atoms with van der Waals surface area (Å²) in [5.41, 5.74) is 3.46. The van der Waals surface area contributed by atoms with Crippen LogP contribution in [0.2, 0.25) is 0 Å². The standard InChI is InChI=1S/C43H32Cl2FN3O8/c1-55-33-19-22(20-34(56-2)36(33)50)7-18-30-27-16-17-28-35(29(27)21-42(44)40(53)49(41(54)43(30,42)45)26-14-10-24(46)11-15-26)39(52)48(38(28)51)25-12-8-23(9-13-25)37-47-31-5-3-4-6-32(31)57-37/h3-16,18-20,28-30,35,50H,17,21H2,1-2H3/t28-,29+,30-,35-,42+,43-/m0/s1. The Balaban J connectivity index is 1.11. The highest BCUT2D eigenvalue weighted by Gasteiger charge is 2.76. The number of allylic oxidation sites excluding steroid dienone is 3. The van der Waals surface area contributed by atoms with Crippen molar-refractivity contribution in [2.45, 2.75) is 22.6 Å². The van der Waals surface area contributed by atoms with Crippen LogP contribution in [-0.2, 0) is 19.2 Å². The molecule has 1 saturated carbocycles. The van der Waals surface area contributed by atoms with Gasteiger partial charge in [0.15, 0.2) is 26.8 Å². The van der Waals surface area contributed by atoms with Crippen LogP contribution >= 0.6 is 23.2 Å². The van der Waals surface area contributed by atoms with Gasteiger partial charge in [0.2, 0.25) is 23.5 Å². The maximum atomic E-state index is 14.6. The van der Waals surface area contributed by atoms with Gasteiger partial charge in [0.1, 0.15) is 11.3 Å². The second kappa shape index (κ2) is 13.3. The number of benzene rings is 4. The van der Waals surface area contributed by atoms with Crippen molar-refractivity contribution in [1.82, 2.24) is 4.98 Å². The number of phenolic OH excluding ortho intramolecular Hbond substituents is 1. The van der Waals surface area contributed by atoms with E-state index in [0.717, 1.165) is 21.9 Å². The van der Waals surface area contributed by atoms with Crippen molar-refractivity contribution in [3.63, 3.8) is 0 Å². The zero-order valence-corrected chi connectivity index (χ0v) is 31.8. The Bertz CT molecular complexity index is 2530. The number of aromatic hydroxyl groups is 1. The average molecular weight is 809 g/mol. The molecular formula is C43H32Cl2FN3O8. The molecule has 3 heterocycles. The number of phenols is 1. The number of rotatable bonds is 7. The summed E-state index contributed by atoms with van der Waals surface area (Å²) in [7, 11) is 2.77. The van der Waals surface area contributed by atoms with Gasteiger partial charge < -0.3 is 19.0 Å². The zero-order chi connectivity index (χ0) is 40.0. The Morgan fingerprint density at radius 2 is 1.51 bits per heavy atom. The molecule has 4 amide bonds. The average Bonchev–Trinajstić information content (AvgIpc) is 3.81. The molecule has 1 N–H and O–H groups in total. The summed E-state index contributed by atoms with van der Waals surface area (Å²) in [6, 6.07) is 22.0. The second-order valence-corrected chi connectivity index (χ2v) is 15.7. The maximum absolute atomic E-state index is 14.6. The molecule has 0 unspecified atom stereocenters. The molecule has 0 bridgehead atoms. The van der Waals surface area contributed by atoms with Crippen molar-refractivity contribution in [3.8, 4) is 28.7 Å². The molecular weight excluding hydrogens is 776 g/mol. The zero-order valence-electron chi connectivity index (χ0n) is 30.3. The van der Waals surface area contributed by atoms with Crippen molar-refractivity contribution < 1.29 is 42.6 Å². The van der Waals surface area contributed by atoms with Crippen LogP contribution in [-0.4, -0.2) is 57.7 Å². The van der Waals surface area contributed by atoms with E-state index in [1.165, 1.54) is 26.4 Å². The lowest BCUT2D eigenvalue weighted by molar-refractivity contribution is -0.125. The number of halogens is 3. The Kier molecular flexibility index (Phi) is 8.56. The van der Waals surface area contributed by atoms with Gasteiger partial charge in [-0.15, -0.1) is 23.2 Å². The van der Waals surface area contributed by atoms with Gasteiger partial charge in [0.05, 0.1) is 37.4 Å². The van der Waals surface area contributed by atoms with E-state index in [2.05, 4.69) is 4.98 Å². The summed E-state index contributed by atoms with van der Waals surface area (Å²) in [5.74, 6) is -6.25. The van der Waals surface area contributed by atoms with E-state index >= 15 is 0 Å². The number of fused-ring (bicyclic) bond motifs is 5. The van der Waals surface area contributed by atoms with Crippen LogP contribution in [0.15, 0.2) is 107 Å². The molecule has 14 heteroatoms. The summed E-state index contributed by atoms with van der Waals surface area (Å²) >= 11 is 14.9. The first-order valence-corrected chi connectivity index (χ1v) is 18.8. The van der Waals surface area contributed by atoms with Crippen LogP contribution in [0.4, 0.5) is 15.8 Å². The van der Waals surface area contributed by atoms with Crippen LogP contribution < -0.4 is 19.3 Å². The summed E-state index contributed by atoms with van der Waals surface area (Å²) in [6.07, 6.45) is 5.02. The molecule has 1 aromatic heterocycles. The fourth-order valence-electron chi connectivity index (χ4n) is 8.87. The Morgan fingerprint density at radius 3 is 2.18 bits per heavy atom. The van der Waals surface area contributed by atoms with Crippen LogP contribution in [0.3, 0.4) is 0 Å². The van der Waals surface area contributed by atoms with E-state index in [4.69, 9.17) is 37.1 Å². The van der Waals surface area contributed by atoms with Gasteiger partial charge in [-0.05, 0) is 97.1 Å². The quantitative estimate of drug-likeness (QED) is 0.0997. The van der Waals surface area contributed by atoms with E-state index in [0.29, 0.717) is 39.4 Å². The molecule has 2 aliphatic carbocycles. The summed E-state index contributed by atoms with van der Waals surface area (Å²) in [5, 5.41) is 10.5. The third-order valence-corrected chi connectivity index (χ3v) is 13.0. The summed E-state index contributed by atoms with van der Waals surface area (Å²) in [6.45, 7) is 0. The smallest absolute Gasteiger partial charge is 0.258 e. The fourth-order valence-corrected chi connectivity index (χ4v) is 9.76. The van der Waals surface area contributed by atoms with Crippen LogP contribution in [0, 0.1) is 29.5 Å². The molecule has 5 aromatic rings. The lowest BCUT2D eigenvalue weighted by atomic mass is 9.57. The maximum Gasteiger partial charge on any atom is 0.258 e. The van der Waals surface area contributed by atoms with E-state index in [1.807, 2.05) is 30.3 Å². The number of methoxy groups -OCH3 is 2. The van der Waals surface area contributed by atoms with Gasteiger partial charge >= 0.3 is 0 Å². The molecule has 11 nitrogen and oxygen atoms in total. The lowest BCUT2D eigenvalue weighted by Gasteiger charge is -2.49. The van der Waals surface area contributed by atoms with E-state index in [1.54, 1.807) is 48.6 Å². The molecule has 0 radical (unpaired) electrons. The number of amides is 4. The largest absolute Gasteiger partial charge is 0.502 e. The molecule has 9 rings (SSSR count). The van der Waals surface area contributed by atoms with Crippen molar-refractivity contribution in [1.29, 1.82) is 0 Å². The number of oxazole rings is 1. The van der Waals surface area contributed by atoms with Gasteiger partial charge in [0, 0.05) is 11.5 Å². The number of ether oxygens (including phenoxy) is 2. The number of hydrogen-bond donors (Lipinski definition) is 1. The van der Waals surface area contributed by atoms with Crippen LogP contribution in [0.1, 0.15) is 18.4 Å². The number of anilines is 2. The minimum Gasteiger partial charge on any atom is -0.502 e. The molecule has 0 spiro atoms. The lowest BCUT2D eigenvalue weighted by Crippen LogP contribution is -2.60. The first kappa shape index (κ1) is 36.6. The monoisotopic (exact) mass is 807 g/mol. The van der Waals surface area contributed by atoms with Crippen molar-refractivity contribution in [2.24, 2.45) is 23.7 Å². The highest BCUT2D eigenvalue weighted by atomic mass is 35.5. The fraction of sp³-hybridized carbons (Fsp3) is 0.233. The SMILES string of the molecule is COc1cc(C=C[C@H]2C3=CC[C@@H]4C(=O)N(c5ccc(-c6nc7ccccc7o6)cc5)C(=O)[C@@H]4[C@@H]3C[C@@]3(Cl)C(=O)N(c4ccc(F)cc4)C(=O)[C@@]23Cl)cc(OC)c1O. The Hall–Kier alpha value is -5.98. The highest BCUT2D eigenvalue weighted by molar-refractivity contribution is 6.58. The molecule has 2 saturated heterocycles. The van der Waals surface area contributed by atoms with Crippen molar-refractivity contribution >= 4 is 75.4 Å². The number of carbonyl (C=O) groups excluding carboxylic acids is 4. The number of para-hydroxylation sites is 2. The summed E-state index contributed by atoms with van der Waals surface area (Å²) in [4.78, 5) is 60.2. The number of carbonyl (C=O) groups is 4. The minimum absolute atomic E-state index is 0.0750. The predicted octanol–water partition coefficient (Wildman–Crippen LogP) is 7.67. The van der Waals surface area contributed by atoms with Gasteiger partial charge in [-0.1, -0.05) is 35.9 Å². The highest BCUT2D eigenvalue weighted by Crippen LogP contribution is 2.63. The second-order valence-electron chi connectivity index (χ2n) is 14.5.